The van der Waals surface area contributed by atoms with Crippen LogP contribution in [0.15, 0.2) is 0 Å². The number of alkyl halides is 17. The van der Waals surface area contributed by atoms with Crippen LogP contribution in [0.4, 0.5) is 74.6 Å². The molecule has 0 spiro atoms. The summed E-state index contributed by atoms with van der Waals surface area (Å²) in [6.45, 7) is 8.04. The number of ketones is 1. The second kappa shape index (κ2) is 14.7. The van der Waals surface area contributed by atoms with E-state index in [1.54, 1.807) is 0 Å². The number of hydrogen-bond acceptors (Lipinski definition) is 5. The maximum atomic E-state index is 13.5. The van der Waals surface area contributed by atoms with E-state index in [2.05, 4.69) is 0 Å². The molecule has 0 rings (SSSR count). The van der Waals surface area contributed by atoms with Crippen molar-refractivity contribution in [3.63, 3.8) is 0 Å². The minimum absolute atomic E-state index is 0.245. The van der Waals surface area contributed by atoms with Gasteiger partial charge < -0.3 is 9.90 Å². The molecule has 5 nitrogen and oxygen atoms in total. The Kier molecular flexibility index (Phi) is 14.8. The first kappa shape index (κ1) is 43.5. The number of carbonyl (C=O) groups is 2. The third-order valence-corrected chi connectivity index (χ3v) is 6.04. The van der Waals surface area contributed by atoms with Gasteiger partial charge in [-0.15, -0.1) is 0 Å². The Morgan fingerprint density at radius 2 is 0.930 bits per heavy atom. The average molecular weight is 692 g/mol. The molecule has 0 bridgehead atoms. The van der Waals surface area contributed by atoms with Gasteiger partial charge in [0, 0.05) is 25.2 Å². The Labute approximate surface area is 238 Å². The molecule has 0 amide bonds. The Balaban J connectivity index is 0. The first-order valence-corrected chi connectivity index (χ1v) is 12.2. The molecule has 0 atom stereocenters. The molecule has 0 heterocycles. The molecule has 0 aromatic rings. The topological polar surface area (TPSA) is 75.7 Å². The molecule has 0 aliphatic carbocycles. The van der Waals surface area contributed by atoms with Crippen LogP contribution in [0.3, 0.4) is 0 Å². The number of rotatable bonds is 16. The molecule has 0 aromatic heterocycles. The smallest absolute Gasteiger partial charge is 0.460 e. The van der Waals surface area contributed by atoms with Crippen LogP contribution in [0.25, 0.3) is 0 Å². The zero-order valence-electron chi connectivity index (χ0n) is 22.0. The standard InChI is InChI=1S/C14H9F17O3.2C3H7O.Al/c15-7(16,3-1-2-5(32)4-6(33)34)8(17,18)9(19,20)10(21,22)11(23,24)12(25,26)13(27,28)14(29,30)31;2*1-3(2)4;/h1-4H2,(H,33,34);2*3H,1-2H3;/q;2*-1;+3/p-1. The quantitative estimate of drug-likeness (QED) is 0.109. The molecule has 0 saturated carbocycles. The average Bonchev–Trinajstić information content (AvgIpc) is 2.76. The Morgan fingerprint density at radius 1 is 0.605 bits per heavy atom. The summed E-state index contributed by atoms with van der Waals surface area (Å²) >= 11 is -0.245. The zero-order chi connectivity index (χ0) is 35.3. The van der Waals surface area contributed by atoms with Crippen LogP contribution >= 0.6 is 0 Å². The summed E-state index contributed by atoms with van der Waals surface area (Å²) in [6, 6.07) is 0. The van der Waals surface area contributed by atoms with Crippen LogP contribution in [0, 0.1) is 0 Å². The fourth-order valence-corrected chi connectivity index (χ4v) is 2.87. The molecule has 0 fully saturated rings. The van der Waals surface area contributed by atoms with Gasteiger partial charge in [0.2, 0.25) is 0 Å². The summed E-state index contributed by atoms with van der Waals surface area (Å²) < 4.78 is 232. The predicted octanol–water partition coefficient (Wildman–Crippen LogP) is 6.25. The van der Waals surface area contributed by atoms with Crippen molar-refractivity contribution < 1.29 is 96.9 Å². The number of carboxylic acid groups (broad SMARTS) is 1. The van der Waals surface area contributed by atoms with Crippen LogP contribution in [-0.2, 0) is 17.2 Å². The zero-order valence-corrected chi connectivity index (χ0v) is 23.2. The van der Waals surface area contributed by atoms with Gasteiger partial charge in [-0.3, -0.25) is 4.79 Å². The normalized spacial score (nSPS) is 14.4. The van der Waals surface area contributed by atoms with Crippen molar-refractivity contribution in [2.75, 3.05) is 0 Å². The molecule has 23 heteroatoms. The van der Waals surface area contributed by atoms with E-state index in [-0.39, 0.29) is 15.9 Å². The number of halogens is 17. The third kappa shape index (κ3) is 9.69. The molecular weight excluding hydrogens is 670 g/mol. The van der Waals surface area contributed by atoms with E-state index in [9.17, 15) is 89.3 Å². The van der Waals surface area contributed by atoms with E-state index < -0.39 is 85.1 Å². The van der Waals surface area contributed by atoms with Crippen LogP contribution in [-0.4, -0.2) is 87.5 Å². The van der Waals surface area contributed by atoms with Crippen molar-refractivity contribution in [1.29, 1.82) is 0 Å². The Bertz CT molecular complexity index is 912. The van der Waals surface area contributed by atoms with E-state index in [0.29, 0.717) is 12.2 Å². The maximum absolute atomic E-state index is 13.5. The van der Waals surface area contributed by atoms with Crippen LogP contribution in [0.5, 0.6) is 0 Å². The molecule has 0 aromatic carbocycles. The van der Waals surface area contributed by atoms with Gasteiger partial charge in [0.15, 0.2) is 0 Å². The van der Waals surface area contributed by atoms with Gasteiger partial charge in [0.25, 0.3) is 0 Å². The molecule has 0 aliphatic rings. The monoisotopic (exact) mass is 692 g/mol. The minimum atomic E-state index is -8.70. The van der Waals surface area contributed by atoms with Gasteiger partial charge in [-0.1, -0.05) is 0 Å². The van der Waals surface area contributed by atoms with Gasteiger partial charge in [-0.2, -0.15) is 74.6 Å². The van der Waals surface area contributed by atoms with Crippen molar-refractivity contribution in [2.24, 2.45) is 0 Å². The summed E-state index contributed by atoms with van der Waals surface area (Å²) in [7, 11) is 0. The molecule has 0 aliphatic heterocycles. The molecule has 0 N–H and O–H groups in total. The maximum Gasteiger partial charge on any atom is 0.460 e. The van der Waals surface area contributed by atoms with Crippen molar-refractivity contribution in [3.8, 4) is 0 Å². The van der Waals surface area contributed by atoms with E-state index in [0.717, 1.165) is 0 Å². The summed E-state index contributed by atoms with van der Waals surface area (Å²) in [5.74, 6) is -60.7. The molecule has 0 radical (unpaired) electrons. The predicted molar refractivity (Wildman–Crippen MR) is 107 cm³/mol. The minimum Gasteiger partial charge on any atom is -0.550 e. The number of Topliss-reactive ketones (excluding diaryl/α,β-unsaturated/α-hetero) is 1. The fraction of sp³-hybridized carbons (Fsp3) is 0.900. The largest absolute Gasteiger partial charge is 0.550 e. The first-order chi connectivity index (χ1) is 18.7. The van der Waals surface area contributed by atoms with E-state index in [1.165, 1.54) is 0 Å². The van der Waals surface area contributed by atoms with Crippen molar-refractivity contribution >= 4 is 27.6 Å². The summed E-state index contributed by atoms with van der Waals surface area (Å²) in [5.41, 5.74) is 0. The first-order valence-electron chi connectivity index (χ1n) is 11.2. The molecule has 0 unspecified atom stereocenters. The number of aliphatic carboxylic acids is 1. The fourth-order valence-electron chi connectivity index (χ4n) is 2.36. The number of hydrogen-bond donors (Lipinski definition) is 0. The molecular formula is C20H22AlF17O5. The second-order valence-electron chi connectivity index (χ2n) is 9.06. The summed E-state index contributed by atoms with van der Waals surface area (Å²) in [6.07, 6.45) is -14.7. The molecule has 0 saturated heterocycles. The SMILES string of the molecule is CC(C)[O][Al+][O]C(C)C.O=C([O-])CC(=O)CCCC(F)(F)C(F)(F)C(F)(F)C(F)(F)C(F)(F)C(F)(F)C(F)(F)C(F)(F)F. The van der Waals surface area contributed by atoms with Gasteiger partial charge >= 0.3 is 111 Å². The van der Waals surface area contributed by atoms with Crippen LogP contribution < -0.4 is 5.11 Å². The van der Waals surface area contributed by atoms with Crippen LogP contribution in [0.2, 0.25) is 0 Å². The van der Waals surface area contributed by atoms with Gasteiger partial charge in [-0.05, 0) is 6.42 Å². The molecule has 43 heavy (non-hydrogen) atoms. The second-order valence-corrected chi connectivity index (χ2v) is 9.79. The third-order valence-electron chi connectivity index (χ3n) is 4.73. The van der Waals surface area contributed by atoms with Gasteiger partial charge in [0.05, 0.1) is 0 Å². The van der Waals surface area contributed by atoms with E-state index >= 15 is 0 Å². The Hall–Kier alpha value is -1.60. The van der Waals surface area contributed by atoms with Gasteiger partial charge in [0.1, 0.15) is 5.78 Å². The Morgan fingerprint density at radius 3 is 1.23 bits per heavy atom. The number of carboxylic acids is 1. The summed E-state index contributed by atoms with van der Waals surface area (Å²) in [4.78, 5) is 20.9. The number of carbonyl (C=O) groups excluding carboxylic acids is 2. The van der Waals surface area contributed by atoms with Crippen molar-refractivity contribution in [2.45, 2.75) is 113 Å². The van der Waals surface area contributed by atoms with E-state index in [1.807, 2.05) is 27.7 Å². The summed E-state index contributed by atoms with van der Waals surface area (Å²) in [5, 5.41) is 10.0. The molecule has 254 valence electrons. The van der Waals surface area contributed by atoms with Gasteiger partial charge in [-0.25, -0.2) is 0 Å². The van der Waals surface area contributed by atoms with E-state index in [4.69, 9.17) is 7.58 Å². The van der Waals surface area contributed by atoms with Crippen molar-refractivity contribution in [3.05, 3.63) is 0 Å². The van der Waals surface area contributed by atoms with Crippen molar-refractivity contribution in [1.82, 2.24) is 0 Å². The van der Waals surface area contributed by atoms with Crippen LogP contribution in [0.1, 0.15) is 53.4 Å².